The minimum absolute atomic E-state index is 0.0649. The Morgan fingerprint density at radius 1 is 1.16 bits per heavy atom. The lowest BCUT2D eigenvalue weighted by Gasteiger charge is -2.10. The van der Waals surface area contributed by atoms with E-state index < -0.39 is 0 Å². The number of thiazole rings is 1. The van der Waals surface area contributed by atoms with E-state index in [-0.39, 0.29) is 23.7 Å². The van der Waals surface area contributed by atoms with Crippen molar-refractivity contribution in [2.24, 2.45) is 0 Å². The number of amides is 2. The van der Waals surface area contributed by atoms with Gasteiger partial charge in [-0.3, -0.25) is 9.59 Å². The van der Waals surface area contributed by atoms with E-state index in [1.807, 2.05) is 44.2 Å². The Bertz CT molecular complexity index is 1060. The Labute approximate surface area is 196 Å². The lowest BCUT2D eigenvalue weighted by atomic mass is 10.1. The van der Waals surface area contributed by atoms with Gasteiger partial charge in [0, 0.05) is 17.7 Å². The largest absolute Gasteiger partial charge is 0.491 e. The molecule has 0 saturated carbocycles. The number of anilines is 1. The molecule has 0 saturated heterocycles. The van der Waals surface area contributed by atoms with Gasteiger partial charge in [0.1, 0.15) is 16.4 Å². The van der Waals surface area contributed by atoms with Crippen molar-refractivity contribution in [1.29, 1.82) is 0 Å². The van der Waals surface area contributed by atoms with Crippen LogP contribution in [0.15, 0.2) is 71.6 Å². The van der Waals surface area contributed by atoms with Crippen LogP contribution in [0, 0.1) is 0 Å². The molecule has 3 rings (SSSR count). The fraction of sp³-hybridized carbons (Fsp3) is 0.208. The molecule has 0 atom stereocenters. The van der Waals surface area contributed by atoms with Crippen LogP contribution in [0.3, 0.4) is 0 Å². The third-order valence-electron chi connectivity index (χ3n) is 4.14. The zero-order valence-corrected chi connectivity index (χ0v) is 19.6. The number of nitrogens with zero attached hydrogens (tertiary/aromatic N) is 1. The number of rotatable bonds is 10. The minimum Gasteiger partial charge on any atom is -0.491 e. The second-order valence-electron chi connectivity index (χ2n) is 7.05. The Morgan fingerprint density at radius 2 is 1.88 bits per heavy atom. The zero-order chi connectivity index (χ0) is 22.9. The highest BCUT2D eigenvalue weighted by atomic mass is 32.2. The maximum Gasteiger partial charge on any atom is 0.256 e. The van der Waals surface area contributed by atoms with Crippen molar-refractivity contribution >= 4 is 39.9 Å². The fourth-order valence-corrected chi connectivity index (χ4v) is 4.63. The highest BCUT2D eigenvalue weighted by Gasteiger charge is 2.17. The second-order valence-corrected chi connectivity index (χ2v) is 9.27. The van der Waals surface area contributed by atoms with Crippen LogP contribution in [0.5, 0.6) is 5.75 Å². The number of carbonyl (C=O) groups is 2. The van der Waals surface area contributed by atoms with Gasteiger partial charge in [0.25, 0.3) is 5.91 Å². The highest BCUT2D eigenvalue weighted by molar-refractivity contribution is 8.01. The van der Waals surface area contributed by atoms with Gasteiger partial charge < -0.3 is 15.4 Å². The lowest BCUT2D eigenvalue weighted by Crippen LogP contribution is -2.24. The molecule has 3 aromatic rings. The summed E-state index contributed by atoms with van der Waals surface area (Å²) in [6, 6.07) is 16.7. The number of hydrogen-bond acceptors (Lipinski definition) is 6. The molecule has 32 heavy (non-hydrogen) atoms. The monoisotopic (exact) mass is 467 g/mol. The normalized spacial score (nSPS) is 10.6. The van der Waals surface area contributed by atoms with Crippen LogP contribution in [-0.2, 0) is 4.79 Å². The average Bonchev–Trinajstić information content (AvgIpc) is 3.19. The molecular weight excluding hydrogens is 442 g/mol. The molecule has 0 fully saturated rings. The molecule has 2 aromatic carbocycles. The molecule has 0 aliphatic heterocycles. The maximum atomic E-state index is 12.9. The molecule has 0 radical (unpaired) electrons. The van der Waals surface area contributed by atoms with Crippen molar-refractivity contribution in [3.8, 4) is 17.0 Å². The summed E-state index contributed by atoms with van der Waals surface area (Å²) in [6.07, 6.45) is 1.70. The van der Waals surface area contributed by atoms with Crippen molar-refractivity contribution in [2.75, 3.05) is 17.6 Å². The SMILES string of the molecule is C=CCNC(=O)CSc1nc(-c2ccccc2)c(NC(=O)c2ccc(OC(C)C)cc2)s1. The van der Waals surface area contributed by atoms with Crippen LogP contribution >= 0.6 is 23.1 Å². The van der Waals surface area contributed by atoms with Gasteiger partial charge in [-0.05, 0) is 38.1 Å². The van der Waals surface area contributed by atoms with E-state index in [1.54, 1.807) is 30.3 Å². The minimum atomic E-state index is -0.234. The van der Waals surface area contributed by atoms with Gasteiger partial charge in [0.15, 0.2) is 4.34 Å². The molecule has 1 heterocycles. The topological polar surface area (TPSA) is 80.3 Å². The molecule has 2 N–H and O–H groups in total. The van der Waals surface area contributed by atoms with E-state index in [9.17, 15) is 9.59 Å². The van der Waals surface area contributed by atoms with E-state index in [4.69, 9.17) is 4.74 Å². The molecular formula is C24H25N3O3S2. The van der Waals surface area contributed by atoms with Crippen LogP contribution in [0.25, 0.3) is 11.3 Å². The molecule has 0 aliphatic carbocycles. The summed E-state index contributed by atoms with van der Waals surface area (Å²) in [5.41, 5.74) is 2.09. The van der Waals surface area contributed by atoms with E-state index >= 15 is 0 Å². The smallest absolute Gasteiger partial charge is 0.256 e. The van der Waals surface area contributed by atoms with Gasteiger partial charge in [0.2, 0.25) is 5.91 Å². The van der Waals surface area contributed by atoms with Gasteiger partial charge in [-0.25, -0.2) is 4.98 Å². The van der Waals surface area contributed by atoms with E-state index in [2.05, 4.69) is 22.2 Å². The third-order valence-corrected chi connectivity index (χ3v) is 6.25. The Balaban J connectivity index is 1.77. The van der Waals surface area contributed by atoms with Crippen molar-refractivity contribution in [1.82, 2.24) is 10.3 Å². The number of benzene rings is 2. The van der Waals surface area contributed by atoms with Gasteiger partial charge >= 0.3 is 0 Å². The molecule has 8 heteroatoms. The predicted molar refractivity (Wildman–Crippen MR) is 132 cm³/mol. The van der Waals surface area contributed by atoms with Gasteiger partial charge in [-0.2, -0.15) is 0 Å². The second kappa shape index (κ2) is 11.5. The standard InChI is InChI=1S/C24H25N3O3S2/c1-4-14-25-20(28)15-31-24-26-21(17-8-6-5-7-9-17)23(32-24)27-22(29)18-10-12-19(13-11-18)30-16(2)3/h4-13,16H,1,14-15H2,2-3H3,(H,25,28)(H,27,29). The van der Waals surface area contributed by atoms with E-state index in [0.29, 0.717) is 32.9 Å². The van der Waals surface area contributed by atoms with Crippen LogP contribution in [-0.4, -0.2) is 35.2 Å². The van der Waals surface area contributed by atoms with Gasteiger partial charge in [-0.15, -0.1) is 6.58 Å². The Hall–Kier alpha value is -3.10. The molecule has 0 bridgehead atoms. The summed E-state index contributed by atoms with van der Waals surface area (Å²) in [7, 11) is 0. The fourth-order valence-electron chi connectivity index (χ4n) is 2.74. The van der Waals surface area contributed by atoms with Crippen LogP contribution in [0.4, 0.5) is 5.00 Å². The van der Waals surface area contributed by atoms with Crippen molar-refractivity contribution < 1.29 is 14.3 Å². The lowest BCUT2D eigenvalue weighted by molar-refractivity contribution is -0.118. The van der Waals surface area contributed by atoms with Crippen LogP contribution in [0.1, 0.15) is 24.2 Å². The summed E-state index contributed by atoms with van der Waals surface area (Å²) < 4.78 is 6.34. The summed E-state index contributed by atoms with van der Waals surface area (Å²) in [6.45, 7) is 7.92. The summed E-state index contributed by atoms with van der Waals surface area (Å²) >= 11 is 2.68. The predicted octanol–water partition coefficient (Wildman–Crippen LogP) is 5.24. The first-order chi connectivity index (χ1) is 15.5. The van der Waals surface area contributed by atoms with Crippen molar-refractivity contribution in [3.05, 3.63) is 72.8 Å². The van der Waals surface area contributed by atoms with Crippen LogP contribution in [0.2, 0.25) is 0 Å². The number of carbonyl (C=O) groups excluding carboxylic acids is 2. The molecule has 0 aliphatic rings. The molecule has 2 amide bonds. The Kier molecular flexibility index (Phi) is 8.47. The molecule has 166 valence electrons. The highest BCUT2D eigenvalue weighted by Crippen LogP contribution is 2.37. The Morgan fingerprint density at radius 3 is 2.53 bits per heavy atom. The number of hydrogen-bond donors (Lipinski definition) is 2. The molecule has 1 aromatic heterocycles. The first-order valence-corrected chi connectivity index (χ1v) is 11.9. The molecule has 0 unspecified atom stereocenters. The van der Waals surface area contributed by atoms with Gasteiger partial charge in [0.05, 0.1) is 11.9 Å². The maximum absolute atomic E-state index is 12.9. The number of aromatic nitrogens is 1. The first kappa shape index (κ1) is 23.6. The summed E-state index contributed by atoms with van der Waals surface area (Å²) in [5.74, 6) is 0.621. The summed E-state index contributed by atoms with van der Waals surface area (Å²) in [5, 5.41) is 6.36. The number of ether oxygens (including phenoxy) is 1. The quantitative estimate of drug-likeness (QED) is 0.315. The zero-order valence-electron chi connectivity index (χ0n) is 18.0. The van der Waals surface area contributed by atoms with Gasteiger partial charge in [-0.1, -0.05) is 59.5 Å². The van der Waals surface area contributed by atoms with Crippen LogP contribution < -0.4 is 15.4 Å². The van der Waals surface area contributed by atoms with Crippen molar-refractivity contribution in [2.45, 2.75) is 24.3 Å². The first-order valence-electron chi connectivity index (χ1n) is 10.1. The third kappa shape index (κ3) is 6.70. The number of thioether (sulfide) groups is 1. The molecule has 0 spiro atoms. The van der Waals surface area contributed by atoms with E-state index in [0.717, 1.165) is 5.56 Å². The molecule has 6 nitrogen and oxygen atoms in total. The summed E-state index contributed by atoms with van der Waals surface area (Å²) in [4.78, 5) is 29.5. The number of nitrogens with one attached hydrogen (secondary N) is 2. The van der Waals surface area contributed by atoms with Crippen molar-refractivity contribution in [3.63, 3.8) is 0 Å². The average molecular weight is 468 g/mol. The van der Waals surface area contributed by atoms with E-state index in [1.165, 1.54) is 23.1 Å².